The lowest BCUT2D eigenvalue weighted by Gasteiger charge is -2.19. The van der Waals surface area contributed by atoms with Crippen molar-refractivity contribution < 1.29 is 4.79 Å². The molecule has 6 heteroatoms. The van der Waals surface area contributed by atoms with Gasteiger partial charge in [-0.05, 0) is 31.5 Å². The fourth-order valence-electron chi connectivity index (χ4n) is 3.09. The molecule has 3 rings (SSSR count). The number of para-hydroxylation sites is 2. The van der Waals surface area contributed by atoms with Crippen molar-refractivity contribution in [2.45, 2.75) is 32.4 Å². The number of aromatic nitrogens is 2. The lowest BCUT2D eigenvalue weighted by molar-refractivity contribution is -0.121. The number of nitrogens with one attached hydrogen (secondary N) is 1. The minimum atomic E-state index is -0.158. The van der Waals surface area contributed by atoms with E-state index in [4.69, 9.17) is 0 Å². The lowest BCUT2D eigenvalue weighted by atomic mass is 10.3. The number of nitrogens with zero attached hydrogens (tertiary/aromatic N) is 3. The summed E-state index contributed by atoms with van der Waals surface area (Å²) >= 11 is 0. The zero-order valence-electron chi connectivity index (χ0n) is 13.8. The summed E-state index contributed by atoms with van der Waals surface area (Å²) in [5, 5.41) is 2.93. The Bertz CT molecular complexity index is 758. The van der Waals surface area contributed by atoms with Gasteiger partial charge in [0.25, 0.3) is 0 Å². The molecular formula is C17H24N4O2. The van der Waals surface area contributed by atoms with Gasteiger partial charge >= 0.3 is 5.69 Å². The number of carbonyl (C=O) groups excluding carboxylic acids is 1. The van der Waals surface area contributed by atoms with Crippen LogP contribution < -0.4 is 11.0 Å². The van der Waals surface area contributed by atoms with Crippen molar-refractivity contribution in [1.82, 2.24) is 19.4 Å². The Labute approximate surface area is 135 Å². The fraction of sp³-hybridized carbons (Fsp3) is 0.529. The monoisotopic (exact) mass is 316 g/mol. The van der Waals surface area contributed by atoms with Gasteiger partial charge in [-0.25, -0.2) is 4.79 Å². The number of fused-ring (bicyclic) bond motifs is 1. The van der Waals surface area contributed by atoms with Crippen LogP contribution in [0.15, 0.2) is 29.1 Å². The van der Waals surface area contributed by atoms with E-state index in [0.29, 0.717) is 12.6 Å². The Morgan fingerprint density at radius 3 is 2.65 bits per heavy atom. The summed E-state index contributed by atoms with van der Waals surface area (Å²) < 4.78 is 3.11. The molecule has 2 aromatic rings. The highest BCUT2D eigenvalue weighted by atomic mass is 16.2. The van der Waals surface area contributed by atoms with Crippen LogP contribution in [-0.4, -0.2) is 45.6 Å². The second kappa shape index (κ2) is 6.58. The van der Waals surface area contributed by atoms with Crippen molar-refractivity contribution in [3.8, 4) is 0 Å². The van der Waals surface area contributed by atoms with Gasteiger partial charge in [-0.15, -0.1) is 0 Å². The van der Waals surface area contributed by atoms with E-state index in [9.17, 15) is 9.59 Å². The normalized spacial score (nSPS) is 14.6. The second-order valence-electron chi connectivity index (χ2n) is 6.13. The Balaban J connectivity index is 1.62. The summed E-state index contributed by atoms with van der Waals surface area (Å²) in [5.41, 5.74) is 1.48. The molecule has 23 heavy (non-hydrogen) atoms. The SMILES string of the molecule is CCN(CCNC(=O)Cn1c(=O)n(C)c2ccccc21)C1CC1. The molecule has 1 heterocycles. The molecular weight excluding hydrogens is 292 g/mol. The number of aryl methyl sites for hydroxylation is 1. The Kier molecular flexibility index (Phi) is 4.52. The van der Waals surface area contributed by atoms with Crippen LogP contribution in [0.2, 0.25) is 0 Å². The van der Waals surface area contributed by atoms with Gasteiger partial charge in [-0.3, -0.25) is 18.8 Å². The third-order valence-electron chi connectivity index (χ3n) is 4.54. The molecule has 0 saturated heterocycles. The lowest BCUT2D eigenvalue weighted by Crippen LogP contribution is -2.38. The number of carbonyl (C=O) groups is 1. The molecule has 0 unspecified atom stereocenters. The minimum Gasteiger partial charge on any atom is -0.353 e. The van der Waals surface area contributed by atoms with Gasteiger partial charge in [0.1, 0.15) is 6.54 Å². The molecule has 124 valence electrons. The van der Waals surface area contributed by atoms with Crippen LogP contribution in [0.5, 0.6) is 0 Å². The number of likely N-dealkylation sites (N-methyl/N-ethyl adjacent to an activating group) is 1. The van der Waals surface area contributed by atoms with Crippen molar-refractivity contribution in [2.24, 2.45) is 7.05 Å². The van der Waals surface area contributed by atoms with Crippen LogP contribution in [0.1, 0.15) is 19.8 Å². The van der Waals surface area contributed by atoms with Gasteiger partial charge in [0.2, 0.25) is 5.91 Å². The van der Waals surface area contributed by atoms with Crippen LogP contribution >= 0.6 is 0 Å². The van der Waals surface area contributed by atoms with Gasteiger partial charge in [-0.1, -0.05) is 19.1 Å². The summed E-state index contributed by atoms with van der Waals surface area (Å²) in [7, 11) is 1.73. The van der Waals surface area contributed by atoms with E-state index in [-0.39, 0.29) is 18.1 Å². The largest absolute Gasteiger partial charge is 0.353 e. The van der Waals surface area contributed by atoms with E-state index in [1.807, 2.05) is 24.3 Å². The maximum atomic E-state index is 12.3. The standard InChI is InChI=1S/C17H24N4O2/c1-3-20(13-8-9-13)11-10-18-16(22)12-21-15-7-5-4-6-14(15)19(2)17(21)23/h4-7,13H,3,8-12H2,1-2H3,(H,18,22). The number of benzene rings is 1. The van der Waals surface area contributed by atoms with Crippen molar-refractivity contribution in [3.63, 3.8) is 0 Å². The molecule has 0 bridgehead atoms. The topological polar surface area (TPSA) is 59.3 Å². The third-order valence-corrected chi connectivity index (χ3v) is 4.54. The number of rotatable bonds is 7. The van der Waals surface area contributed by atoms with Gasteiger partial charge in [-0.2, -0.15) is 0 Å². The molecule has 0 radical (unpaired) electrons. The Morgan fingerprint density at radius 2 is 2.00 bits per heavy atom. The van der Waals surface area contributed by atoms with Crippen molar-refractivity contribution in [1.29, 1.82) is 0 Å². The number of amides is 1. The van der Waals surface area contributed by atoms with E-state index in [0.717, 1.165) is 24.1 Å². The van der Waals surface area contributed by atoms with Crippen molar-refractivity contribution in [2.75, 3.05) is 19.6 Å². The fourth-order valence-corrected chi connectivity index (χ4v) is 3.09. The molecule has 6 nitrogen and oxygen atoms in total. The Hall–Kier alpha value is -2.08. The summed E-state index contributed by atoms with van der Waals surface area (Å²) in [5.74, 6) is -0.115. The highest BCUT2D eigenvalue weighted by molar-refractivity contribution is 5.80. The van der Waals surface area contributed by atoms with Gasteiger partial charge in [0, 0.05) is 26.2 Å². The molecule has 1 aromatic heterocycles. The van der Waals surface area contributed by atoms with E-state index < -0.39 is 0 Å². The van der Waals surface area contributed by atoms with Crippen LogP contribution in [0.25, 0.3) is 11.0 Å². The smallest absolute Gasteiger partial charge is 0.329 e. The van der Waals surface area contributed by atoms with Gasteiger partial charge < -0.3 is 5.32 Å². The molecule has 1 aliphatic rings. The summed E-state index contributed by atoms with van der Waals surface area (Å²) in [4.78, 5) is 26.9. The average Bonchev–Trinajstić information content (AvgIpc) is 3.37. The first kappa shape index (κ1) is 15.8. The third kappa shape index (κ3) is 3.32. The van der Waals surface area contributed by atoms with Crippen molar-refractivity contribution in [3.05, 3.63) is 34.7 Å². The minimum absolute atomic E-state index is 0.0652. The molecule has 0 atom stereocenters. The zero-order chi connectivity index (χ0) is 16.4. The number of imidazole rings is 1. The molecule has 1 aliphatic carbocycles. The predicted molar refractivity (Wildman–Crippen MR) is 90.5 cm³/mol. The first-order valence-corrected chi connectivity index (χ1v) is 8.26. The quantitative estimate of drug-likeness (QED) is 0.827. The zero-order valence-corrected chi connectivity index (χ0v) is 13.8. The van der Waals surface area contributed by atoms with E-state index in [1.54, 1.807) is 11.6 Å². The average molecular weight is 316 g/mol. The van der Waals surface area contributed by atoms with Gasteiger partial charge in [0.05, 0.1) is 11.0 Å². The Morgan fingerprint density at radius 1 is 1.30 bits per heavy atom. The van der Waals surface area contributed by atoms with Crippen LogP contribution in [0.3, 0.4) is 0 Å². The molecule has 1 N–H and O–H groups in total. The molecule has 0 aliphatic heterocycles. The summed E-state index contributed by atoms with van der Waals surface area (Å²) in [6.45, 7) is 4.73. The van der Waals surface area contributed by atoms with E-state index in [1.165, 1.54) is 17.4 Å². The molecule has 1 amide bonds. The molecule has 1 aromatic carbocycles. The summed E-state index contributed by atoms with van der Waals surface area (Å²) in [6.07, 6.45) is 2.54. The van der Waals surface area contributed by atoms with Crippen LogP contribution in [0, 0.1) is 0 Å². The van der Waals surface area contributed by atoms with E-state index in [2.05, 4.69) is 17.1 Å². The maximum absolute atomic E-state index is 12.3. The first-order valence-electron chi connectivity index (χ1n) is 8.26. The second-order valence-corrected chi connectivity index (χ2v) is 6.13. The van der Waals surface area contributed by atoms with Gasteiger partial charge in [0.15, 0.2) is 0 Å². The number of hydrogen-bond donors (Lipinski definition) is 1. The van der Waals surface area contributed by atoms with Crippen LogP contribution in [0.4, 0.5) is 0 Å². The highest BCUT2D eigenvalue weighted by Gasteiger charge is 2.27. The summed E-state index contributed by atoms with van der Waals surface area (Å²) in [6, 6.07) is 8.24. The molecule has 1 fully saturated rings. The molecule has 1 saturated carbocycles. The number of hydrogen-bond acceptors (Lipinski definition) is 3. The first-order chi connectivity index (χ1) is 11.1. The molecule has 0 spiro atoms. The van der Waals surface area contributed by atoms with Crippen LogP contribution in [-0.2, 0) is 18.4 Å². The highest BCUT2D eigenvalue weighted by Crippen LogP contribution is 2.25. The maximum Gasteiger partial charge on any atom is 0.329 e. The van der Waals surface area contributed by atoms with Crippen molar-refractivity contribution >= 4 is 16.9 Å². The predicted octanol–water partition coefficient (Wildman–Crippen LogP) is 0.941. The van der Waals surface area contributed by atoms with E-state index >= 15 is 0 Å².